The van der Waals surface area contributed by atoms with Crippen molar-refractivity contribution in [1.82, 2.24) is 20.5 Å². The van der Waals surface area contributed by atoms with Crippen molar-refractivity contribution in [3.8, 4) is 0 Å². The highest BCUT2D eigenvalue weighted by Gasteiger charge is 2.28. The van der Waals surface area contributed by atoms with E-state index in [1.165, 1.54) is 18.5 Å². The monoisotopic (exact) mass is 334 g/mol. The first-order chi connectivity index (χ1) is 10.9. The summed E-state index contributed by atoms with van der Waals surface area (Å²) in [6, 6.07) is 7.23. The summed E-state index contributed by atoms with van der Waals surface area (Å²) >= 11 is 0. The Morgan fingerprint density at radius 2 is 2.04 bits per heavy atom. The van der Waals surface area contributed by atoms with Crippen LogP contribution in [0, 0.1) is 6.92 Å². The third-order valence-corrected chi connectivity index (χ3v) is 5.19. The molecule has 2 N–H and O–H groups in total. The molecule has 0 amide bonds. The van der Waals surface area contributed by atoms with Crippen LogP contribution in [-0.4, -0.2) is 23.4 Å². The summed E-state index contributed by atoms with van der Waals surface area (Å²) in [5, 5.41) is -0.254. The van der Waals surface area contributed by atoms with Crippen LogP contribution in [-0.2, 0) is 9.84 Å². The van der Waals surface area contributed by atoms with Crippen LogP contribution in [0.25, 0.3) is 11.2 Å². The molecule has 1 atom stereocenters. The van der Waals surface area contributed by atoms with Gasteiger partial charge in [-0.1, -0.05) is 12.1 Å². The van der Waals surface area contributed by atoms with Crippen molar-refractivity contribution in [2.24, 2.45) is 0 Å². The van der Waals surface area contributed by atoms with Crippen molar-refractivity contribution in [3.63, 3.8) is 0 Å². The summed E-state index contributed by atoms with van der Waals surface area (Å²) in [5.41, 5.74) is 3.20. The van der Waals surface area contributed by atoms with Crippen LogP contribution in [0.2, 0.25) is 0 Å². The quantitative estimate of drug-likeness (QED) is 0.716. The zero-order valence-corrected chi connectivity index (χ0v) is 13.4. The fourth-order valence-corrected chi connectivity index (χ4v) is 3.83. The summed E-state index contributed by atoms with van der Waals surface area (Å²) in [6.07, 6.45) is 1.60. The van der Waals surface area contributed by atoms with Gasteiger partial charge >= 0.3 is 0 Å². The highest BCUT2D eigenvalue weighted by Crippen LogP contribution is 2.27. The van der Waals surface area contributed by atoms with E-state index in [9.17, 15) is 12.9 Å². The number of rotatable bonds is 4. The van der Waals surface area contributed by atoms with E-state index in [0.717, 1.165) is 5.56 Å². The van der Waals surface area contributed by atoms with Crippen LogP contribution in [0.5, 0.6) is 0 Å². The third-order valence-electron chi connectivity index (χ3n) is 3.51. The minimum Gasteiger partial charge on any atom is -0.345 e. The summed E-state index contributed by atoms with van der Waals surface area (Å²) in [7, 11) is -3.92. The summed E-state index contributed by atoms with van der Waals surface area (Å²) in [4.78, 5) is 11.3. The van der Waals surface area contributed by atoms with Crippen molar-refractivity contribution < 1.29 is 12.9 Å². The van der Waals surface area contributed by atoms with Crippen molar-refractivity contribution in [2.45, 2.75) is 29.8 Å². The molecular formula is C15H15FN4O2S. The van der Waals surface area contributed by atoms with Gasteiger partial charge in [-0.2, -0.15) is 5.54 Å². The van der Waals surface area contributed by atoms with E-state index in [2.05, 4.69) is 15.0 Å². The van der Waals surface area contributed by atoms with Crippen molar-refractivity contribution in [1.29, 1.82) is 0 Å². The number of aryl methyl sites for hydroxylation is 1. The second-order valence-corrected chi connectivity index (χ2v) is 7.14. The number of benzene rings is 1. The maximum Gasteiger partial charge on any atom is 0.225 e. The smallest absolute Gasteiger partial charge is 0.225 e. The van der Waals surface area contributed by atoms with E-state index in [1.54, 1.807) is 37.4 Å². The van der Waals surface area contributed by atoms with Gasteiger partial charge in [0.05, 0.1) is 16.6 Å². The number of fused-ring (bicyclic) bond motifs is 1. The molecule has 2 heterocycles. The number of hydrogen-bond acceptors (Lipinski definition) is 5. The molecule has 6 nitrogen and oxygen atoms in total. The lowest BCUT2D eigenvalue weighted by Gasteiger charge is -2.13. The van der Waals surface area contributed by atoms with Gasteiger partial charge in [0.15, 0.2) is 10.7 Å². The summed E-state index contributed by atoms with van der Waals surface area (Å²) in [6.45, 7) is 3.28. The molecule has 1 aromatic carbocycles. The highest BCUT2D eigenvalue weighted by molar-refractivity contribution is 7.91. The Labute approximate surface area is 132 Å². The molecule has 0 saturated heterocycles. The molecule has 3 aromatic rings. The van der Waals surface area contributed by atoms with Gasteiger partial charge < -0.3 is 4.98 Å². The molecule has 1 unspecified atom stereocenters. The summed E-state index contributed by atoms with van der Waals surface area (Å²) in [5.74, 6) is 0. The molecule has 0 aliphatic carbocycles. The second kappa shape index (κ2) is 5.71. The number of hydrogen-bond donors (Lipinski definition) is 2. The Hall–Kier alpha value is -2.32. The van der Waals surface area contributed by atoms with Crippen molar-refractivity contribution in [3.05, 3.63) is 47.8 Å². The Morgan fingerprint density at radius 3 is 2.74 bits per heavy atom. The van der Waals surface area contributed by atoms with Crippen LogP contribution in [0.3, 0.4) is 0 Å². The Kier molecular flexibility index (Phi) is 3.87. The van der Waals surface area contributed by atoms with Crippen LogP contribution in [0.1, 0.15) is 24.2 Å². The zero-order valence-electron chi connectivity index (χ0n) is 12.5. The maximum absolute atomic E-state index is 12.9. The fourth-order valence-electron chi connectivity index (χ4n) is 2.29. The lowest BCUT2D eigenvalue weighted by molar-refractivity contribution is 0.279. The zero-order chi connectivity index (χ0) is 16.6. The molecular weight excluding hydrogens is 319 g/mol. The number of halogens is 1. The number of sulfone groups is 1. The van der Waals surface area contributed by atoms with Gasteiger partial charge in [0.25, 0.3) is 0 Å². The molecule has 0 fully saturated rings. The normalized spacial score (nSPS) is 13.3. The van der Waals surface area contributed by atoms with E-state index in [-0.39, 0.29) is 15.6 Å². The van der Waals surface area contributed by atoms with Gasteiger partial charge in [0.2, 0.25) is 9.84 Å². The Bertz CT molecular complexity index is 969. The van der Waals surface area contributed by atoms with E-state index in [0.29, 0.717) is 11.2 Å². The van der Waals surface area contributed by atoms with E-state index < -0.39 is 15.9 Å². The first kappa shape index (κ1) is 15.6. The van der Waals surface area contributed by atoms with Gasteiger partial charge in [0.1, 0.15) is 5.52 Å². The average Bonchev–Trinajstić information content (AvgIpc) is 3.00. The van der Waals surface area contributed by atoms with Gasteiger partial charge in [0, 0.05) is 6.20 Å². The highest BCUT2D eigenvalue weighted by atomic mass is 32.2. The fraction of sp³-hybridized carbons (Fsp3) is 0.200. The Balaban J connectivity index is 2.28. The molecule has 0 radical (unpaired) electrons. The van der Waals surface area contributed by atoms with Gasteiger partial charge in [-0.05, 0) is 37.6 Å². The van der Waals surface area contributed by atoms with Gasteiger partial charge in [-0.15, -0.1) is 4.48 Å². The lowest BCUT2D eigenvalue weighted by Crippen LogP contribution is -2.17. The van der Waals surface area contributed by atoms with Crippen LogP contribution in [0.4, 0.5) is 4.48 Å². The largest absolute Gasteiger partial charge is 0.345 e. The van der Waals surface area contributed by atoms with E-state index in [4.69, 9.17) is 0 Å². The second-order valence-electron chi connectivity index (χ2n) is 5.28. The number of aromatic nitrogens is 3. The van der Waals surface area contributed by atoms with E-state index >= 15 is 0 Å². The molecule has 0 aliphatic heterocycles. The average molecular weight is 334 g/mol. The molecule has 0 spiro atoms. The lowest BCUT2D eigenvalue weighted by atomic mass is 10.2. The molecule has 23 heavy (non-hydrogen) atoms. The summed E-state index contributed by atoms with van der Waals surface area (Å²) < 4.78 is 38.8. The van der Waals surface area contributed by atoms with E-state index in [1.807, 2.05) is 0 Å². The number of aromatic amines is 1. The minimum atomic E-state index is -3.92. The number of nitrogens with zero attached hydrogens (tertiary/aromatic N) is 2. The van der Waals surface area contributed by atoms with Gasteiger partial charge in [-0.3, -0.25) is 0 Å². The minimum absolute atomic E-state index is 0.0427. The number of H-pyrrole nitrogens is 1. The standard InChI is InChI=1S/C15H15FN4O2S/c1-9-4-3-5-11(8-9)23(21,22)15-13(10(2)20-16)18-12-6-7-17-14(12)19-15/h3-8,10,20H,1-2H3,(H,17,19). The van der Waals surface area contributed by atoms with Crippen LogP contribution in [0.15, 0.2) is 46.5 Å². The first-order valence-electron chi connectivity index (χ1n) is 6.96. The molecule has 8 heteroatoms. The van der Waals surface area contributed by atoms with Crippen LogP contribution < -0.4 is 5.54 Å². The first-order valence-corrected chi connectivity index (χ1v) is 8.44. The predicted octanol–water partition coefficient (Wildman–Crippen LogP) is 2.63. The SMILES string of the molecule is Cc1cccc(S(=O)(=O)c2nc3[nH]ccc3nc2C(C)NF)c1. The third kappa shape index (κ3) is 2.71. The molecule has 2 aromatic heterocycles. The van der Waals surface area contributed by atoms with Crippen molar-refractivity contribution in [2.75, 3.05) is 0 Å². The predicted molar refractivity (Wildman–Crippen MR) is 83.2 cm³/mol. The molecule has 0 saturated carbocycles. The maximum atomic E-state index is 12.9. The number of nitrogens with one attached hydrogen (secondary N) is 2. The molecule has 0 bridgehead atoms. The Morgan fingerprint density at radius 1 is 1.26 bits per heavy atom. The topological polar surface area (TPSA) is 87.7 Å². The molecule has 120 valence electrons. The molecule has 3 rings (SSSR count). The van der Waals surface area contributed by atoms with Crippen molar-refractivity contribution >= 4 is 21.0 Å². The van der Waals surface area contributed by atoms with Gasteiger partial charge in [-0.25, -0.2) is 18.4 Å². The van der Waals surface area contributed by atoms with Crippen LogP contribution >= 0.6 is 0 Å². The molecule has 0 aliphatic rings.